The van der Waals surface area contributed by atoms with E-state index in [2.05, 4.69) is 151 Å². The normalized spacial score (nSPS) is 17.2. The number of para-hydroxylation sites is 1. The molecule has 286 valence electrons. The van der Waals surface area contributed by atoms with Gasteiger partial charge < -0.3 is 19.9 Å². The quantitative estimate of drug-likeness (QED) is 0.113. The molecule has 5 nitrogen and oxygen atoms in total. The molecule has 3 unspecified atom stereocenters. The Morgan fingerprint density at radius 3 is 1.97 bits per heavy atom. The van der Waals surface area contributed by atoms with Crippen LogP contribution in [0.25, 0.3) is 77.3 Å². The van der Waals surface area contributed by atoms with Crippen molar-refractivity contribution in [2.24, 2.45) is 16.6 Å². The lowest BCUT2D eigenvalue weighted by molar-refractivity contribution is 0.668. The molecule has 0 bridgehead atoms. The molecule has 0 saturated heterocycles. The van der Waals surface area contributed by atoms with Crippen LogP contribution in [0.1, 0.15) is 36.4 Å². The summed E-state index contributed by atoms with van der Waals surface area (Å²) in [5.41, 5.74) is 20.6. The van der Waals surface area contributed by atoms with Crippen molar-refractivity contribution < 1.29 is 8.83 Å². The third-order valence-electron chi connectivity index (χ3n) is 12.1. The molecule has 2 aliphatic carbocycles. The summed E-state index contributed by atoms with van der Waals surface area (Å²) in [4.78, 5) is 5.29. The molecule has 0 amide bonds. The van der Waals surface area contributed by atoms with E-state index in [4.69, 9.17) is 19.6 Å². The van der Waals surface area contributed by atoms with Gasteiger partial charge in [0.25, 0.3) is 0 Å². The molecule has 11 rings (SSSR count). The monoisotopic (exact) mass is 765 g/mol. The lowest BCUT2D eigenvalue weighted by Crippen LogP contribution is -2.33. The van der Waals surface area contributed by atoms with Gasteiger partial charge in [0, 0.05) is 45.6 Å². The Morgan fingerprint density at radius 2 is 1.24 bits per heavy atom. The number of nitrogens with zero attached hydrogens (tertiary/aromatic N) is 1. The highest BCUT2D eigenvalue weighted by molar-refractivity contribution is 6.17. The molecule has 1 fully saturated rings. The number of hydrogen-bond acceptors (Lipinski definition) is 4. The molecule has 5 heteroatoms. The fraction of sp³-hybridized carbons (Fsp3) is 0.130. The number of nitrogens with one attached hydrogen (secondary N) is 1. The van der Waals surface area contributed by atoms with Gasteiger partial charge in [0.15, 0.2) is 0 Å². The summed E-state index contributed by atoms with van der Waals surface area (Å²) in [5.74, 6) is 1.38. The minimum Gasteiger partial charge on any atom is -0.456 e. The van der Waals surface area contributed by atoms with Gasteiger partial charge in [0.1, 0.15) is 28.2 Å². The van der Waals surface area contributed by atoms with Gasteiger partial charge in [-0.05, 0) is 94.1 Å². The first-order valence-corrected chi connectivity index (χ1v) is 20.7. The number of aliphatic imine (C=N–C) groups is 1. The van der Waals surface area contributed by atoms with Gasteiger partial charge in [0.2, 0.25) is 0 Å². The smallest absolute Gasteiger partial charge is 0.136 e. The summed E-state index contributed by atoms with van der Waals surface area (Å²) in [6, 6.07) is 55.4. The van der Waals surface area contributed by atoms with Gasteiger partial charge in [-0.2, -0.15) is 0 Å². The molecule has 3 atom stereocenters. The minimum atomic E-state index is -0.143. The Balaban J connectivity index is 0.922. The number of furan rings is 2. The van der Waals surface area contributed by atoms with Crippen LogP contribution in [0.2, 0.25) is 0 Å². The van der Waals surface area contributed by atoms with E-state index < -0.39 is 0 Å². The Bertz CT molecular complexity index is 3110. The molecule has 1 saturated carbocycles. The Kier molecular flexibility index (Phi) is 8.82. The van der Waals surface area contributed by atoms with Crippen molar-refractivity contribution in [3.05, 3.63) is 193 Å². The second kappa shape index (κ2) is 14.8. The standard InChI is InChI=1S/C54H43N3O2/c55-46(36-15-5-2-6-16-36)33-56-54(57-47-32-45(47)35-13-3-1-4-14-35)37-27-25-34(26-28-37)38-29-30-44-51(31-38)59-50-24-12-21-42(53(44)50)40-18-8-7-17-39(40)41-20-11-23-49-52(41)43-19-9-10-22-48(43)58-49/h2-3,5-31,45-47H,1,4,32-33,55H2,(H,56,57). The topological polar surface area (TPSA) is 76.7 Å². The van der Waals surface area contributed by atoms with Crippen molar-refractivity contribution in [3.8, 4) is 33.4 Å². The van der Waals surface area contributed by atoms with Crippen molar-refractivity contribution in [3.63, 3.8) is 0 Å². The van der Waals surface area contributed by atoms with Gasteiger partial charge >= 0.3 is 0 Å². The van der Waals surface area contributed by atoms with Crippen LogP contribution in [0, 0.1) is 5.92 Å². The number of hydrogen-bond donors (Lipinski definition) is 2. The second-order valence-electron chi connectivity index (χ2n) is 15.9. The first-order chi connectivity index (χ1) is 29.2. The summed E-state index contributed by atoms with van der Waals surface area (Å²) < 4.78 is 12.9. The molecule has 0 aliphatic heterocycles. The molecule has 59 heavy (non-hydrogen) atoms. The van der Waals surface area contributed by atoms with Gasteiger partial charge in [-0.15, -0.1) is 0 Å². The SMILES string of the molecule is NC(CN/C(=N\C1CC1C1=CCCC=C1)c1ccc(-c2ccc3c(c2)oc2cccc(-c4ccccc4-c4cccc5oc6ccccc6c45)c23)cc1)c1ccccc1. The van der Waals surface area contributed by atoms with Crippen LogP contribution in [-0.4, -0.2) is 18.4 Å². The summed E-state index contributed by atoms with van der Waals surface area (Å²) >= 11 is 0. The molecule has 0 radical (unpaired) electrons. The van der Waals surface area contributed by atoms with Gasteiger partial charge in [0.05, 0.1) is 6.04 Å². The van der Waals surface area contributed by atoms with E-state index >= 15 is 0 Å². The third-order valence-corrected chi connectivity index (χ3v) is 12.1. The zero-order chi connectivity index (χ0) is 39.3. The fourth-order valence-corrected chi connectivity index (χ4v) is 9.01. The molecule has 2 heterocycles. The zero-order valence-corrected chi connectivity index (χ0v) is 32.6. The van der Waals surface area contributed by atoms with E-state index in [0.29, 0.717) is 12.5 Å². The van der Waals surface area contributed by atoms with Crippen LogP contribution >= 0.6 is 0 Å². The van der Waals surface area contributed by atoms with E-state index in [0.717, 1.165) is 113 Å². The molecule has 2 aliphatic rings. The summed E-state index contributed by atoms with van der Waals surface area (Å²) in [7, 11) is 0. The van der Waals surface area contributed by atoms with Crippen molar-refractivity contribution >= 4 is 49.7 Å². The average molecular weight is 766 g/mol. The van der Waals surface area contributed by atoms with Crippen LogP contribution in [0.15, 0.2) is 195 Å². The molecular weight excluding hydrogens is 723 g/mol. The largest absolute Gasteiger partial charge is 0.456 e. The predicted octanol–water partition coefficient (Wildman–Crippen LogP) is 13.2. The summed E-state index contributed by atoms with van der Waals surface area (Å²) in [6.07, 6.45) is 10.3. The van der Waals surface area contributed by atoms with Gasteiger partial charge in [-0.25, -0.2) is 0 Å². The van der Waals surface area contributed by atoms with Gasteiger partial charge in [-0.3, -0.25) is 4.99 Å². The zero-order valence-electron chi connectivity index (χ0n) is 32.6. The average Bonchev–Trinajstić information content (AvgIpc) is 3.81. The Morgan fingerprint density at radius 1 is 0.610 bits per heavy atom. The molecule has 0 spiro atoms. The second-order valence-corrected chi connectivity index (χ2v) is 15.9. The van der Waals surface area contributed by atoms with Gasteiger partial charge in [-0.1, -0.05) is 146 Å². The maximum absolute atomic E-state index is 6.65. The van der Waals surface area contributed by atoms with Crippen molar-refractivity contribution in [1.29, 1.82) is 0 Å². The summed E-state index contributed by atoms with van der Waals surface area (Å²) in [6.45, 7) is 0.593. The fourth-order valence-electron chi connectivity index (χ4n) is 9.01. The first-order valence-electron chi connectivity index (χ1n) is 20.7. The Labute approximate surface area is 343 Å². The van der Waals surface area contributed by atoms with E-state index in [1.54, 1.807) is 0 Å². The Hall–Kier alpha value is -6.95. The van der Waals surface area contributed by atoms with E-state index in [-0.39, 0.29) is 12.1 Å². The van der Waals surface area contributed by atoms with Crippen molar-refractivity contribution in [2.75, 3.05) is 6.54 Å². The number of allylic oxidation sites excluding steroid dienone is 3. The minimum absolute atomic E-state index is 0.143. The molecule has 3 N–H and O–H groups in total. The van der Waals surface area contributed by atoms with Crippen LogP contribution in [-0.2, 0) is 0 Å². The third kappa shape index (κ3) is 6.54. The molecular formula is C54H43N3O2. The number of rotatable bonds is 9. The molecule has 2 aromatic heterocycles. The molecule has 7 aromatic carbocycles. The van der Waals surface area contributed by atoms with E-state index in [1.165, 1.54) is 5.57 Å². The number of fused-ring (bicyclic) bond motifs is 6. The molecule has 9 aromatic rings. The number of nitrogens with two attached hydrogens (primary N) is 1. The van der Waals surface area contributed by atoms with Crippen LogP contribution < -0.4 is 11.1 Å². The predicted molar refractivity (Wildman–Crippen MR) is 244 cm³/mol. The van der Waals surface area contributed by atoms with Crippen LogP contribution in [0.4, 0.5) is 0 Å². The van der Waals surface area contributed by atoms with Crippen molar-refractivity contribution in [1.82, 2.24) is 5.32 Å². The highest BCUT2D eigenvalue weighted by Gasteiger charge is 2.39. The summed E-state index contributed by atoms with van der Waals surface area (Å²) in [5, 5.41) is 8.10. The first kappa shape index (κ1) is 35.2. The van der Waals surface area contributed by atoms with Crippen LogP contribution in [0.3, 0.4) is 0 Å². The van der Waals surface area contributed by atoms with Crippen molar-refractivity contribution in [2.45, 2.75) is 31.3 Å². The maximum atomic E-state index is 6.65. The lowest BCUT2D eigenvalue weighted by atomic mass is 9.90. The highest BCUT2D eigenvalue weighted by atomic mass is 16.3. The maximum Gasteiger partial charge on any atom is 0.136 e. The lowest BCUT2D eigenvalue weighted by Gasteiger charge is -2.16. The van der Waals surface area contributed by atoms with E-state index in [1.807, 2.05) is 30.3 Å². The van der Waals surface area contributed by atoms with Crippen LogP contribution in [0.5, 0.6) is 0 Å². The van der Waals surface area contributed by atoms with E-state index in [9.17, 15) is 0 Å². The number of amidine groups is 1. The highest BCUT2D eigenvalue weighted by Crippen LogP contribution is 2.45. The number of benzene rings is 7.